The second-order valence-corrected chi connectivity index (χ2v) is 6.11. The normalized spacial score (nSPS) is 17.3. The van der Waals surface area contributed by atoms with Crippen LogP contribution >= 0.6 is 22.9 Å². The highest BCUT2D eigenvalue weighted by Crippen LogP contribution is 2.37. The molecule has 8 heteroatoms. The van der Waals surface area contributed by atoms with Crippen molar-refractivity contribution in [1.82, 2.24) is 5.32 Å². The Morgan fingerprint density at radius 1 is 1.38 bits per heavy atom. The van der Waals surface area contributed by atoms with E-state index in [4.69, 9.17) is 11.6 Å². The first-order chi connectivity index (χ1) is 9.97. The largest absolute Gasteiger partial charge is 0.349 e. The second-order valence-electron chi connectivity index (χ2n) is 4.58. The molecule has 0 saturated heterocycles. The Morgan fingerprint density at radius 2 is 2.14 bits per heavy atom. The number of amides is 1. The predicted octanol–water partition coefficient (Wildman–Crippen LogP) is 3.19. The van der Waals surface area contributed by atoms with Gasteiger partial charge in [0.2, 0.25) is 0 Å². The first kappa shape index (κ1) is 13.8. The number of anilines is 1. The van der Waals surface area contributed by atoms with Crippen LogP contribution in [0.1, 0.15) is 21.4 Å². The summed E-state index contributed by atoms with van der Waals surface area (Å²) in [5, 5.41) is 14.2. The van der Waals surface area contributed by atoms with Crippen molar-refractivity contribution in [1.29, 1.82) is 0 Å². The molecule has 21 heavy (non-hydrogen) atoms. The van der Waals surface area contributed by atoms with Crippen LogP contribution in [0.4, 0.5) is 10.7 Å². The molecule has 0 bridgehead atoms. The molecule has 1 amide bonds. The zero-order valence-corrected chi connectivity index (χ0v) is 12.4. The van der Waals surface area contributed by atoms with Gasteiger partial charge in [-0.15, -0.1) is 0 Å². The number of benzene rings is 1. The summed E-state index contributed by atoms with van der Waals surface area (Å²) >= 11 is 6.96. The number of halogens is 1. The molecule has 1 aromatic carbocycles. The molecule has 108 valence electrons. The maximum atomic E-state index is 12.2. The molecule has 0 saturated carbocycles. The predicted molar refractivity (Wildman–Crippen MR) is 81.0 cm³/mol. The first-order valence-corrected chi connectivity index (χ1v) is 7.24. The number of hydrogen-bond acceptors (Lipinski definition) is 5. The van der Waals surface area contributed by atoms with Crippen molar-refractivity contribution in [3.8, 4) is 0 Å². The lowest BCUT2D eigenvalue weighted by Gasteiger charge is -2.35. The molecular formula is C13H10ClN3O3S. The average molecular weight is 324 g/mol. The van der Waals surface area contributed by atoms with Crippen molar-refractivity contribution < 1.29 is 9.72 Å². The number of hydrogen-bond donors (Lipinski definition) is 1. The van der Waals surface area contributed by atoms with Crippen molar-refractivity contribution in [2.24, 2.45) is 0 Å². The van der Waals surface area contributed by atoms with E-state index in [0.717, 1.165) is 17.0 Å². The van der Waals surface area contributed by atoms with Crippen molar-refractivity contribution in [3.05, 3.63) is 55.9 Å². The van der Waals surface area contributed by atoms with Gasteiger partial charge in [-0.05, 0) is 24.3 Å². The van der Waals surface area contributed by atoms with Crippen LogP contribution in [0.25, 0.3) is 0 Å². The Bertz CT molecular complexity index is 746. The molecule has 6 nitrogen and oxygen atoms in total. The van der Waals surface area contributed by atoms with E-state index in [-0.39, 0.29) is 10.9 Å². The van der Waals surface area contributed by atoms with Gasteiger partial charge < -0.3 is 10.2 Å². The molecule has 1 aliphatic rings. The Hall–Kier alpha value is -2.12. The van der Waals surface area contributed by atoms with Gasteiger partial charge in [0, 0.05) is 18.1 Å². The molecule has 1 N–H and O–H groups in total. The zero-order chi connectivity index (χ0) is 15.1. The van der Waals surface area contributed by atoms with Crippen LogP contribution in [0.3, 0.4) is 0 Å². The molecule has 0 radical (unpaired) electrons. The summed E-state index contributed by atoms with van der Waals surface area (Å²) in [4.78, 5) is 25.1. The van der Waals surface area contributed by atoms with E-state index < -0.39 is 11.1 Å². The Balaban J connectivity index is 2.00. The minimum atomic E-state index is -0.438. The van der Waals surface area contributed by atoms with E-state index in [9.17, 15) is 14.9 Å². The van der Waals surface area contributed by atoms with Gasteiger partial charge in [-0.3, -0.25) is 14.9 Å². The van der Waals surface area contributed by atoms with Crippen molar-refractivity contribution in [2.45, 2.75) is 6.17 Å². The lowest BCUT2D eigenvalue weighted by molar-refractivity contribution is -0.380. The third-order valence-electron chi connectivity index (χ3n) is 3.30. The Labute approximate surface area is 129 Å². The van der Waals surface area contributed by atoms with Crippen LogP contribution in [-0.2, 0) is 0 Å². The summed E-state index contributed by atoms with van der Waals surface area (Å²) in [6.07, 6.45) is -0.426. The van der Waals surface area contributed by atoms with Crippen molar-refractivity contribution in [2.75, 3.05) is 11.9 Å². The summed E-state index contributed by atoms with van der Waals surface area (Å²) in [5.41, 5.74) is 1.23. The number of nitro groups is 1. The van der Waals surface area contributed by atoms with Crippen LogP contribution in [-0.4, -0.2) is 17.9 Å². The van der Waals surface area contributed by atoms with Crippen molar-refractivity contribution >= 4 is 39.5 Å². The van der Waals surface area contributed by atoms with Gasteiger partial charge >= 0.3 is 5.00 Å². The van der Waals surface area contributed by atoms with Crippen LogP contribution in [0.5, 0.6) is 0 Å². The van der Waals surface area contributed by atoms with Crippen LogP contribution < -0.4 is 10.2 Å². The smallest absolute Gasteiger partial charge is 0.324 e. The highest BCUT2D eigenvalue weighted by molar-refractivity contribution is 7.15. The van der Waals surface area contributed by atoms with E-state index in [2.05, 4.69) is 5.32 Å². The molecule has 2 aromatic rings. The molecule has 0 fully saturated rings. The van der Waals surface area contributed by atoms with Gasteiger partial charge in [0.05, 0.1) is 21.1 Å². The summed E-state index contributed by atoms with van der Waals surface area (Å²) in [6.45, 7) is 0. The summed E-state index contributed by atoms with van der Waals surface area (Å²) in [5.74, 6) is -0.244. The van der Waals surface area contributed by atoms with E-state index in [1.165, 1.54) is 6.07 Å². The minimum Gasteiger partial charge on any atom is -0.349 e. The second kappa shape index (κ2) is 5.01. The van der Waals surface area contributed by atoms with Gasteiger partial charge in [0.15, 0.2) is 0 Å². The van der Waals surface area contributed by atoms with E-state index >= 15 is 0 Å². The summed E-state index contributed by atoms with van der Waals surface area (Å²) < 4.78 is 0. The quantitative estimate of drug-likeness (QED) is 0.680. The minimum absolute atomic E-state index is 0.0505. The maximum absolute atomic E-state index is 12.2. The highest BCUT2D eigenvalue weighted by atomic mass is 35.5. The van der Waals surface area contributed by atoms with E-state index in [1.807, 2.05) is 11.9 Å². The molecular weight excluding hydrogens is 314 g/mol. The first-order valence-electron chi connectivity index (χ1n) is 6.05. The molecule has 1 aliphatic heterocycles. The van der Waals surface area contributed by atoms with Gasteiger partial charge in [-0.2, -0.15) is 0 Å². The zero-order valence-electron chi connectivity index (χ0n) is 10.9. The van der Waals surface area contributed by atoms with Gasteiger partial charge in [0.25, 0.3) is 5.91 Å². The highest BCUT2D eigenvalue weighted by Gasteiger charge is 2.31. The lowest BCUT2D eigenvalue weighted by Crippen LogP contribution is -2.44. The summed E-state index contributed by atoms with van der Waals surface area (Å²) in [6, 6.07) is 8.19. The third-order valence-corrected chi connectivity index (χ3v) is 4.62. The molecule has 1 aromatic heterocycles. The molecule has 0 spiro atoms. The Morgan fingerprint density at radius 3 is 2.81 bits per heavy atom. The molecule has 0 aliphatic carbocycles. The number of carbonyl (C=O) groups is 1. The maximum Gasteiger partial charge on any atom is 0.324 e. The molecule has 2 heterocycles. The topological polar surface area (TPSA) is 75.5 Å². The number of rotatable bonds is 2. The number of fused-ring (bicyclic) bond motifs is 1. The molecule has 3 rings (SSSR count). The number of nitrogens with zero attached hydrogens (tertiary/aromatic N) is 2. The standard InChI is InChI=1S/C13H10ClN3O3S/c1-16-9-3-2-7(14)6-8(9)13(18)15-12(16)10-4-5-11(21-10)17(19)20/h2-6,12H,1H3,(H,15,18)/t12-/m0/s1. The van der Waals surface area contributed by atoms with E-state index in [0.29, 0.717) is 15.5 Å². The van der Waals surface area contributed by atoms with Gasteiger partial charge in [-0.25, -0.2) is 0 Å². The van der Waals surface area contributed by atoms with Gasteiger partial charge in [0.1, 0.15) is 6.17 Å². The molecule has 1 atom stereocenters. The number of carbonyl (C=O) groups excluding carboxylic acids is 1. The monoisotopic (exact) mass is 323 g/mol. The van der Waals surface area contributed by atoms with Crippen LogP contribution in [0.2, 0.25) is 5.02 Å². The van der Waals surface area contributed by atoms with Gasteiger partial charge in [-0.1, -0.05) is 22.9 Å². The molecule has 0 unspecified atom stereocenters. The fraction of sp³-hybridized carbons (Fsp3) is 0.154. The lowest BCUT2D eigenvalue weighted by atomic mass is 10.1. The van der Waals surface area contributed by atoms with E-state index in [1.54, 1.807) is 24.3 Å². The fourth-order valence-electron chi connectivity index (χ4n) is 2.28. The SMILES string of the molecule is CN1c2ccc(Cl)cc2C(=O)N[C@@H]1c1ccc([N+](=O)[O-])s1. The fourth-order valence-corrected chi connectivity index (χ4v) is 3.37. The average Bonchev–Trinajstić information content (AvgIpc) is 2.92. The Kier molecular flexibility index (Phi) is 3.30. The third kappa shape index (κ3) is 2.34. The number of thiophene rings is 1. The number of nitrogens with one attached hydrogen (secondary N) is 1. The van der Waals surface area contributed by atoms with Crippen LogP contribution in [0.15, 0.2) is 30.3 Å². The van der Waals surface area contributed by atoms with Crippen molar-refractivity contribution in [3.63, 3.8) is 0 Å². The summed E-state index contributed by atoms with van der Waals surface area (Å²) in [7, 11) is 1.82. The van der Waals surface area contributed by atoms with Crippen LogP contribution in [0, 0.1) is 10.1 Å².